The molecule has 0 spiro atoms. The fourth-order valence-corrected chi connectivity index (χ4v) is 3.61. The maximum Gasteiger partial charge on any atom is 0.179 e. The first-order valence-electron chi connectivity index (χ1n) is 9.11. The molecule has 7 heteroatoms. The van der Waals surface area contributed by atoms with E-state index in [1.54, 1.807) is 0 Å². The summed E-state index contributed by atoms with van der Waals surface area (Å²) in [5.74, 6) is 1.31. The van der Waals surface area contributed by atoms with Gasteiger partial charge in [0.1, 0.15) is 0 Å². The van der Waals surface area contributed by atoms with Gasteiger partial charge in [-0.1, -0.05) is 11.6 Å². The number of nitrogens with zero attached hydrogens (tertiary/aromatic N) is 3. The number of aryl methyl sites for hydroxylation is 1. The lowest BCUT2D eigenvalue weighted by molar-refractivity contribution is 0.257. The Morgan fingerprint density at radius 3 is 2.69 bits per heavy atom. The second-order valence-electron chi connectivity index (χ2n) is 6.34. The van der Waals surface area contributed by atoms with E-state index >= 15 is 0 Å². The van der Waals surface area contributed by atoms with Crippen LogP contribution in [0.5, 0.6) is 11.5 Å². The van der Waals surface area contributed by atoms with Crippen LogP contribution in [0.3, 0.4) is 0 Å². The summed E-state index contributed by atoms with van der Waals surface area (Å²) in [6.07, 6.45) is 1.02. The largest absolute Gasteiger partial charge is 0.490 e. The average Bonchev–Trinajstić information content (AvgIpc) is 2.91. The highest BCUT2D eigenvalue weighted by Gasteiger charge is 2.18. The number of hydrogen-bond donors (Lipinski definition) is 1. The third kappa shape index (κ3) is 4.31. The van der Waals surface area contributed by atoms with Gasteiger partial charge in [-0.25, -0.2) is 0 Å². The highest BCUT2D eigenvalue weighted by Crippen LogP contribution is 2.37. The summed E-state index contributed by atoms with van der Waals surface area (Å²) in [6, 6.07) is 5.95. The minimum atomic E-state index is -0.0216. The Balaban J connectivity index is 1.79. The third-order valence-corrected chi connectivity index (χ3v) is 4.65. The van der Waals surface area contributed by atoms with Crippen molar-refractivity contribution in [2.45, 2.75) is 46.5 Å². The molecule has 2 aromatic rings. The van der Waals surface area contributed by atoms with Gasteiger partial charge in [-0.3, -0.25) is 9.58 Å². The number of benzene rings is 1. The van der Waals surface area contributed by atoms with Gasteiger partial charge in [-0.05, 0) is 44.0 Å². The second-order valence-corrected chi connectivity index (χ2v) is 6.75. The zero-order chi connectivity index (χ0) is 18.5. The standard InChI is InChI=1S/C19H26ClN3O3/c1-3-25-18-9-14(8-17(20)19(18)26-4-2)11-22-6-5-7-23-16(12-22)10-15(13-24)21-23/h8-10,24H,3-7,11-13H2,1-2H3. The number of halogens is 1. The maximum atomic E-state index is 9.31. The first kappa shape index (κ1) is 19.0. The van der Waals surface area contributed by atoms with Crippen LogP contribution in [0.1, 0.15) is 37.2 Å². The van der Waals surface area contributed by atoms with Crippen molar-refractivity contribution in [3.05, 3.63) is 40.2 Å². The molecule has 1 aromatic heterocycles. The number of ether oxygens (including phenoxy) is 2. The molecule has 0 amide bonds. The predicted octanol–water partition coefficient (Wildman–Crippen LogP) is 3.23. The van der Waals surface area contributed by atoms with E-state index in [4.69, 9.17) is 21.1 Å². The summed E-state index contributed by atoms with van der Waals surface area (Å²) in [5.41, 5.74) is 2.95. The molecule has 0 atom stereocenters. The maximum absolute atomic E-state index is 9.31. The van der Waals surface area contributed by atoms with Gasteiger partial charge in [-0.2, -0.15) is 5.10 Å². The highest BCUT2D eigenvalue weighted by molar-refractivity contribution is 6.32. The van der Waals surface area contributed by atoms with Gasteiger partial charge in [0.15, 0.2) is 11.5 Å². The van der Waals surface area contributed by atoms with Crippen LogP contribution in [0.15, 0.2) is 18.2 Å². The Bertz CT molecular complexity index is 748. The molecule has 0 unspecified atom stereocenters. The number of aliphatic hydroxyl groups excluding tert-OH is 1. The van der Waals surface area contributed by atoms with Crippen LogP contribution >= 0.6 is 11.6 Å². The summed E-state index contributed by atoms with van der Waals surface area (Å²) in [6.45, 7) is 8.38. The Morgan fingerprint density at radius 1 is 1.15 bits per heavy atom. The van der Waals surface area contributed by atoms with E-state index in [1.807, 2.05) is 36.7 Å². The van der Waals surface area contributed by atoms with Crippen LogP contribution in [0.2, 0.25) is 5.02 Å². The molecule has 1 aliphatic heterocycles. The molecule has 1 N–H and O–H groups in total. The Hall–Kier alpha value is -1.76. The lowest BCUT2D eigenvalue weighted by Gasteiger charge is -2.21. The molecule has 1 aliphatic rings. The van der Waals surface area contributed by atoms with Gasteiger partial charge >= 0.3 is 0 Å². The number of aliphatic hydroxyl groups is 1. The molecule has 0 saturated heterocycles. The van der Waals surface area contributed by atoms with Crippen LogP contribution in [0, 0.1) is 0 Å². The lowest BCUT2D eigenvalue weighted by atomic mass is 10.1. The SMILES string of the molecule is CCOc1cc(CN2CCCn3nc(CO)cc3C2)cc(Cl)c1OCC. The first-order chi connectivity index (χ1) is 12.6. The Labute approximate surface area is 159 Å². The van der Waals surface area contributed by atoms with Crippen molar-refractivity contribution < 1.29 is 14.6 Å². The predicted molar refractivity (Wildman–Crippen MR) is 101 cm³/mol. The van der Waals surface area contributed by atoms with Crippen LogP contribution in [-0.4, -0.2) is 39.5 Å². The normalized spacial score (nSPS) is 14.8. The molecule has 1 aromatic carbocycles. The van der Waals surface area contributed by atoms with E-state index in [2.05, 4.69) is 10.00 Å². The van der Waals surface area contributed by atoms with Crippen molar-refractivity contribution in [2.75, 3.05) is 19.8 Å². The zero-order valence-corrected chi connectivity index (χ0v) is 16.1. The summed E-state index contributed by atoms with van der Waals surface area (Å²) in [4.78, 5) is 2.36. The molecule has 0 radical (unpaired) electrons. The lowest BCUT2D eigenvalue weighted by Crippen LogP contribution is -2.22. The molecule has 2 heterocycles. The summed E-state index contributed by atoms with van der Waals surface area (Å²) >= 11 is 6.44. The van der Waals surface area contributed by atoms with Gasteiger partial charge in [0.2, 0.25) is 0 Å². The van der Waals surface area contributed by atoms with Gasteiger partial charge in [0, 0.05) is 26.2 Å². The molecule has 142 valence electrons. The van der Waals surface area contributed by atoms with E-state index in [0.29, 0.717) is 29.7 Å². The number of hydrogen-bond acceptors (Lipinski definition) is 5. The molecular weight excluding hydrogens is 354 g/mol. The minimum Gasteiger partial charge on any atom is -0.490 e. The van der Waals surface area contributed by atoms with Crippen LogP contribution in [0.25, 0.3) is 0 Å². The van der Waals surface area contributed by atoms with Gasteiger partial charge in [0.25, 0.3) is 0 Å². The van der Waals surface area contributed by atoms with Gasteiger partial charge < -0.3 is 14.6 Å². The van der Waals surface area contributed by atoms with Crippen LogP contribution < -0.4 is 9.47 Å². The highest BCUT2D eigenvalue weighted by atomic mass is 35.5. The van der Waals surface area contributed by atoms with Crippen molar-refractivity contribution in [3.63, 3.8) is 0 Å². The van der Waals surface area contributed by atoms with Crippen LogP contribution in [-0.2, 0) is 26.2 Å². The van der Waals surface area contributed by atoms with Crippen molar-refractivity contribution >= 4 is 11.6 Å². The topological polar surface area (TPSA) is 59.8 Å². The van der Waals surface area contributed by atoms with Crippen LogP contribution in [0.4, 0.5) is 0 Å². The van der Waals surface area contributed by atoms with E-state index < -0.39 is 0 Å². The molecule has 0 aliphatic carbocycles. The van der Waals surface area contributed by atoms with E-state index in [0.717, 1.165) is 49.6 Å². The molecule has 6 nitrogen and oxygen atoms in total. The van der Waals surface area contributed by atoms with Gasteiger partial charge in [0.05, 0.1) is 36.2 Å². The Kier molecular flexibility index (Phi) is 6.40. The monoisotopic (exact) mass is 379 g/mol. The van der Waals surface area contributed by atoms with Crippen molar-refractivity contribution in [3.8, 4) is 11.5 Å². The quantitative estimate of drug-likeness (QED) is 0.800. The van der Waals surface area contributed by atoms with Crippen molar-refractivity contribution in [1.29, 1.82) is 0 Å². The molecule has 0 saturated carbocycles. The fraction of sp³-hybridized carbons (Fsp3) is 0.526. The summed E-state index contributed by atoms with van der Waals surface area (Å²) in [5, 5.41) is 14.3. The molecule has 0 fully saturated rings. The van der Waals surface area contributed by atoms with Gasteiger partial charge in [-0.15, -0.1) is 0 Å². The second kappa shape index (κ2) is 8.75. The number of rotatable bonds is 7. The summed E-state index contributed by atoms with van der Waals surface area (Å²) < 4.78 is 13.4. The Morgan fingerprint density at radius 2 is 1.96 bits per heavy atom. The first-order valence-corrected chi connectivity index (χ1v) is 9.49. The smallest absolute Gasteiger partial charge is 0.179 e. The number of fused-ring (bicyclic) bond motifs is 1. The fourth-order valence-electron chi connectivity index (χ4n) is 3.32. The minimum absolute atomic E-state index is 0.0216. The molecular formula is C19H26ClN3O3. The summed E-state index contributed by atoms with van der Waals surface area (Å²) in [7, 11) is 0. The molecule has 26 heavy (non-hydrogen) atoms. The van der Waals surface area contributed by atoms with E-state index in [1.165, 1.54) is 0 Å². The molecule has 0 bridgehead atoms. The molecule has 3 rings (SSSR count). The average molecular weight is 380 g/mol. The zero-order valence-electron chi connectivity index (χ0n) is 15.4. The third-order valence-electron chi connectivity index (χ3n) is 4.37. The van der Waals surface area contributed by atoms with Crippen molar-refractivity contribution in [1.82, 2.24) is 14.7 Å². The van der Waals surface area contributed by atoms with Crippen molar-refractivity contribution in [2.24, 2.45) is 0 Å². The number of aromatic nitrogens is 2. The van der Waals surface area contributed by atoms with E-state index in [-0.39, 0.29) is 6.61 Å². The van der Waals surface area contributed by atoms with E-state index in [9.17, 15) is 5.11 Å².